The number of fused-ring (bicyclic) bond motifs is 1. The molecule has 0 unspecified atom stereocenters. The normalized spacial score (nSPS) is 10.2. The van der Waals surface area contributed by atoms with Crippen LogP contribution in [-0.4, -0.2) is 11.6 Å². The van der Waals surface area contributed by atoms with Crippen LogP contribution in [0.1, 0.15) is 17.4 Å². The van der Waals surface area contributed by atoms with Crippen LogP contribution in [0.15, 0.2) is 30.3 Å². The fourth-order valence-corrected chi connectivity index (χ4v) is 3.35. The second-order valence-corrected chi connectivity index (χ2v) is 5.71. The second kappa shape index (κ2) is 5.96. The molecule has 0 bridgehead atoms. The summed E-state index contributed by atoms with van der Waals surface area (Å²) in [7, 11) is 0. The van der Waals surface area contributed by atoms with Crippen LogP contribution in [0.25, 0.3) is 21.3 Å². The summed E-state index contributed by atoms with van der Waals surface area (Å²) in [6.45, 7) is 2.23. The molecule has 3 rings (SSSR count). The molecule has 0 saturated heterocycles. The van der Waals surface area contributed by atoms with E-state index in [1.165, 1.54) is 11.3 Å². The molecule has 112 valence electrons. The maximum atomic E-state index is 9.63. The van der Waals surface area contributed by atoms with E-state index in [2.05, 4.69) is 17.1 Å². The fraction of sp³-hybridized carbons (Fsp3) is 0.118. The molecule has 2 heterocycles. The number of nitrogen functional groups attached to an aromatic ring is 1. The Labute approximate surface area is 137 Å². The van der Waals surface area contributed by atoms with Gasteiger partial charge in [-0.15, -0.1) is 11.3 Å². The van der Waals surface area contributed by atoms with Crippen molar-refractivity contribution in [2.75, 3.05) is 12.3 Å². The van der Waals surface area contributed by atoms with Crippen molar-refractivity contribution in [2.24, 2.45) is 0 Å². The first-order chi connectivity index (χ1) is 11.2. The lowest BCUT2D eigenvalue weighted by atomic mass is 9.97. The molecule has 0 fully saturated rings. The topological polar surface area (TPSA) is 95.7 Å². The van der Waals surface area contributed by atoms with Crippen molar-refractivity contribution < 1.29 is 4.74 Å². The van der Waals surface area contributed by atoms with Gasteiger partial charge in [-0.25, -0.2) is 4.98 Å². The van der Waals surface area contributed by atoms with Crippen LogP contribution < -0.4 is 10.5 Å². The summed E-state index contributed by atoms with van der Waals surface area (Å²) in [6.07, 6.45) is 0. The molecule has 3 aromatic rings. The van der Waals surface area contributed by atoms with Crippen molar-refractivity contribution in [1.82, 2.24) is 4.98 Å². The fourth-order valence-electron chi connectivity index (χ4n) is 2.45. The lowest BCUT2D eigenvalue weighted by Crippen LogP contribution is -2.00. The van der Waals surface area contributed by atoms with Gasteiger partial charge in [-0.05, 0) is 12.5 Å². The van der Waals surface area contributed by atoms with Crippen LogP contribution in [-0.2, 0) is 0 Å². The third kappa shape index (κ3) is 2.36. The van der Waals surface area contributed by atoms with Crippen LogP contribution in [0, 0.1) is 22.7 Å². The lowest BCUT2D eigenvalue weighted by molar-refractivity contribution is 0.327. The number of hydrogen-bond donors (Lipinski definition) is 1. The predicted molar refractivity (Wildman–Crippen MR) is 90.1 cm³/mol. The molecular weight excluding hydrogens is 308 g/mol. The Hall–Kier alpha value is -3.09. The van der Waals surface area contributed by atoms with E-state index in [-0.39, 0.29) is 5.88 Å². The lowest BCUT2D eigenvalue weighted by Gasteiger charge is -2.11. The monoisotopic (exact) mass is 320 g/mol. The maximum absolute atomic E-state index is 9.63. The Morgan fingerprint density at radius 3 is 2.57 bits per heavy atom. The number of nitrogens with zero attached hydrogens (tertiary/aromatic N) is 3. The molecule has 2 aromatic heterocycles. The highest BCUT2D eigenvalue weighted by Crippen LogP contribution is 2.43. The molecule has 0 atom stereocenters. The van der Waals surface area contributed by atoms with Gasteiger partial charge in [0, 0.05) is 10.9 Å². The van der Waals surface area contributed by atoms with Gasteiger partial charge < -0.3 is 10.5 Å². The number of thiophene rings is 1. The molecule has 0 aliphatic heterocycles. The number of aromatic nitrogens is 1. The van der Waals surface area contributed by atoms with E-state index in [1.54, 1.807) is 0 Å². The van der Waals surface area contributed by atoms with Crippen molar-refractivity contribution in [2.45, 2.75) is 6.92 Å². The van der Waals surface area contributed by atoms with Crippen molar-refractivity contribution in [3.05, 3.63) is 40.8 Å². The van der Waals surface area contributed by atoms with Crippen LogP contribution in [0.3, 0.4) is 0 Å². The molecule has 5 nitrogen and oxygen atoms in total. The van der Waals surface area contributed by atoms with Gasteiger partial charge in [0.05, 0.1) is 12.3 Å². The largest absolute Gasteiger partial charge is 0.477 e. The summed E-state index contributed by atoms with van der Waals surface area (Å²) >= 11 is 1.21. The van der Waals surface area contributed by atoms with Gasteiger partial charge in [0.25, 0.3) is 0 Å². The zero-order valence-corrected chi connectivity index (χ0v) is 13.1. The van der Waals surface area contributed by atoms with Crippen molar-refractivity contribution in [3.63, 3.8) is 0 Å². The molecule has 0 radical (unpaired) electrons. The summed E-state index contributed by atoms with van der Waals surface area (Å²) in [5.74, 6) is 0.270. The van der Waals surface area contributed by atoms with Crippen LogP contribution in [0.2, 0.25) is 0 Å². The highest BCUT2D eigenvalue weighted by atomic mass is 32.1. The Morgan fingerprint density at radius 1 is 1.22 bits per heavy atom. The predicted octanol–water partition coefficient (Wildman–Crippen LogP) is 3.69. The third-order valence-corrected chi connectivity index (χ3v) is 4.40. The van der Waals surface area contributed by atoms with Gasteiger partial charge in [-0.3, -0.25) is 0 Å². The number of rotatable bonds is 3. The number of nitrogens with two attached hydrogens (primary N) is 1. The van der Waals surface area contributed by atoms with Crippen molar-refractivity contribution >= 4 is 27.2 Å². The molecule has 2 N–H and O–H groups in total. The SMILES string of the molecule is CCOc1nc2sc(C#N)c(N)c2c(-c2ccccc2)c1C#N. The number of hydrogen-bond acceptors (Lipinski definition) is 6. The molecule has 0 saturated carbocycles. The number of anilines is 1. The molecule has 0 aliphatic carbocycles. The van der Waals surface area contributed by atoms with E-state index in [0.717, 1.165) is 5.56 Å². The van der Waals surface area contributed by atoms with Gasteiger partial charge in [0.15, 0.2) is 0 Å². The minimum Gasteiger partial charge on any atom is -0.477 e. The Bertz CT molecular complexity index is 964. The van der Waals surface area contributed by atoms with Gasteiger partial charge in [0.2, 0.25) is 5.88 Å². The Kier molecular flexibility index (Phi) is 3.84. The Morgan fingerprint density at radius 2 is 1.96 bits per heavy atom. The number of nitriles is 2. The minimum atomic E-state index is 0.270. The van der Waals surface area contributed by atoms with Crippen molar-refractivity contribution in [3.8, 4) is 29.1 Å². The van der Waals surface area contributed by atoms with Crippen LogP contribution in [0.4, 0.5) is 5.69 Å². The van der Waals surface area contributed by atoms with E-state index in [1.807, 2.05) is 37.3 Å². The molecule has 6 heteroatoms. The second-order valence-electron chi connectivity index (χ2n) is 4.71. The summed E-state index contributed by atoms with van der Waals surface area (Å²) in [5.41, 5.74) is 8.33. The van der Waals surface area contributed by atoms with E-state index in [0.29, 0.717) is 38.5 Å². The first kappa shape index (κ1) is 14.8. The van der Waals surface area contributed by atoms with Crippen molar-refractivity contribution in [1.29, 1.82) is 10.5 Å². The zero-order valence-electron chi connectivity index (χ0n) is 12.3. The Balaban J connectivity index is 2.49. The third-order valence-electron chi connectivity index (χ3n) is 3.40. The summed E-state index contributed by atoms with van der Waals surface area (Å²) in [5, 5.41) is 19.5. The van der Waals surface area contributed by atoms with Gasteiger partial charge in [-0.1, -0.05) is 30.3 Å². The summed E-state index contributed by atoms with van der Waals surface area (Å²) in [6, 6.07) is 13.7. The highest BCUT2D eigenvalue weighted by Gasteiger charge is 2.22. The highest BCUT2D eigenvalue weighted by molar-refractivity contribution is 7.20. The van der Waals surface area contributed by atoms with Gasteiger partial charge >= 0.3 is 0 Å². The van der Waals surface area contributed by atoms with E-state index >= 15 is 0 Å². The number of pyridine rings is 1. The molecular formula is C17H12N4OS. The van der Waals surface area contributed by atoms with Crippen LogP contribution >= 0.6 is 11.3 Å². The van der Waals surface area contributed by atoms with E-state index in [9.17, 15) is 10.5 Å². The standard InChI is InChI=1S/C17H12N4OS/c1-2-22-16-11(8-18)13(10-6-4-3-5-7-10)14-15(20)12(9-19)23-17(14)21-16/h3-7H,2,20H2,1H3. The molecule has 1 aromatic carbocycles. The molecule has 0 aliphatic rings. The summed E-state index contributed by atoms with van der Waals surface area (Å²) < 4.78 is 5.53. The maximum Gasteiger partial charge on any atom is 0.233 e. The first-order valence-corrected chi connectivity index (χ1v) is 7.77. The molecule has 0 spiro atoms. The zero-order chi connectivity index (χ0) is 16.4. The quantitative estimate of drug-likeness (QED) is 0.794. The van der Waals surface area contributed by atoms with Crippen LogP contribution in [0.5, 0.6) is 5.88 Å². The van der Waals surface area contributed by atoms with E-state index < -0.39 is 0 Å². The van der Waals surface area contributed by atoms with Gasteiger partial charge in [-0.2, -0.15) is 10.5 Å². The number of benzene rings is 1. The molecule has 23 heavy (non-hydrogen) atoms. The molecule has 0 amide bonds. The average molecular weight is 320 g/mol. The minimum absolute atomic E-state index is 0.270. The van der Waals surface area contributed by atoms with Gasteiger partial charge in [0.1, 0.15) is 27.4 Å². The smallest absolute Gasteiger partial charge is 0.233 e. The number of ether oxygens (including phenoxy) is 1. The summed E-state index contributed by atoms with van der Waals surface area (Å²) in [4.78, 5) is 5.38. The first-order valence-electron chi connectivity index (χ1n) is 6.95. The average Bonchev–Trinajstić information content (AvgIpc) is 2.90. The van der Waals surface area contributed by atoms with E-state index in [4.69, 9.17) is 10.5 Å².